The molecule has 0 aromatic rings. The van der Waals surface area contributed by atoms with Gasteiger partial charge in [0.2, 0.25) is 0 Å². The van der Waals surface area contributed by atoms with Crippen molar-refractivity contribution in [2.75, 3.05) is 19.8 Å². The van der Waals surface area contributed by atoms with Crippen molar-refractivity contribution in [3.63, 3.8) is 0 Å². The minimum Gasteiger partial charge on any atom is -0.395 e. The van der Waals surface area contributed by atoms with E-state index in [2.05, 4.69) is 13.8 Å². The summed E-state index contributed by atoms with van der Waals surface area (Å²) in [6, 6.07) is 0. The van der Waals surface area contributed by atoms with Crippen LogP contribution in [0.5, 0.6) is 0 Å². The zero-order valence-electron chi connectivity index (χ0n) is 26.7. The number of hydrogen-bond acceptors (Lipinski definition) is 4. The summed E-state index contributed by atoms with van der Waals surface area (Å²) >= 11 is 0. The van der Waals surface area contributed by atoms with E-state index in [0.717, 1.165) is 25.7 Å². The van der Waals surface area contributed by atoms with Crippen LogP contribution >= 0.6 is 0 Å². The number of unbranched alkanes of at least 4 members (excludes halogenated alkanes) is 24. The summed E-state index contributed by atoms with van der Waals surface area (Å²) in [6.45, 7) is 3.39. The van der Waals surface area contributed by atoms with Crippen LogP contribution in [-0.2, 0) is 0 Å². The molecule has 0 rings (SSSR count). The van der Waals surface area contributed by atoms with Crippen molar-refractivity contribution in [3.05, 3.63) is 0 Å². The summed E-state index contributed by atoms with van der Waals surface area (Å²) in [7, 11) is 0. The third kappa shape index (κ3) is 19.6. The Morgan fingerprint density at radius 1 is 0.333 bits per heavy atom. The van der Waals surface area contributed by atoms with Crippen molar-refractivity contribution in [3.8, 4) is 0 Å². The fourth-order valence-corrected chi connectivity index (χ4v) is 6.12. The molecular formula is C35H72O4. The van der Waals surface area contributed by atoms with E-state index in [1.54, 1.807) is 0 Å². The van der Waals surface area contributed by atoms with Crippen molar-refractivity contribution in [1.29, 1.82) is 0 Å². The molecule has 0 radical (unpaired) electrons. The van der Waals surface area contributed by atoms with Gasteiger partial charge in [-0.15, -0.1) is 0 Å². The summed E-state index contributed by atoms with van der Waals surface area (Å²) in [6.07, 6.45) is 34.3. The molecule has 0 bridgehead atoms. The lowest BCUT2D eigenvalue weighted by Crippen LogP contribution is -2.55. The Morgan fingerprint density at radius 2 is 0.538 bits per heavy atom. The molecule has 0 spiro atoms. The maximum atomic E-state index is 11.6. The van der Waals surface area contributed by atoms with E-state index in [-0.39, 0.29) is 19.8 Å². The molecule has 0 aliphatic heterocycles. The van der Waals surface area contributed by atoms with E-state index >= 15 is 0 Å². The topological polar surface area (TPSA) is 80.9 Å². The molecular weight excluding hydrogens is 484 g/mol. The number of aliphatic hydroxyl groups is 4. The molecule has 39 heavy (non-hydrogen) atoms. The monoisotopic (exact) mass is 557 g/mol. The predicted molar refractivity (Wildman–Crippen MR) is 169 cm³/mol. The maximum Gasteiger partial charge on any atom is 0.0770 e. The Kier molecular flexibility index (Phi) is 27.9. The molecule has 0 saturated carbocycles. The van der Waals surface area contributed by atoms with Gasteiger partial charge in [-0.3, -0.25) is 0 Å². The SMILES string of the molecule is CCCCCCCCCCCCCCCC(O)(CCCCCCCCCCCCCCC)C(CO)(CO)CO. The first-order chi connectivity index (χ1) is 19.1. The highest BCUT2D eigenvalue weighted by molar-refractivity contribution is 4.98. The van der Waals surface area contributed by atoms with E-state index in [1.807, 2.05) is 0 Å². The van der Waals surface area contributed by atoms with Gasteiger partial charge in [0.1, 0.15) is 0 Å². The van der Waals surface area contributed by atoms with E-state index in [9.17, 15) is 20.4 Å². The lowest BCUT2D eigenvalue weighted by Gasteiger charge is -2.44. The quantitative estimate of drug-likeness (QED) is 0.0622. The second-order valence-corrected chi connectivity index (χ2v) is 12.8. The highest BCUT2D eigenvalue weighted by Crippen LogP contribution is 2.39. The van der Waals surface area contributed by atoms with Crippen molar-refractivity contribution in [1.82, 2.24) is 0 Å². The van der Waals surface area contributed by atoms with Gasteiger partial charge in [-0.1, -0.05) is 181 Å². The number of aliphatic hydroxyl groups excluding tert-OH is 3. The summed E-state index contributed by atoms with van der Waals surface area (Å²) in [4.78, 5) is 0. The average Bonchev–Trinajstić information content (AvgIpc) is 2.95. The van der Waals surface area contributed by atoms with Gasteiger partial charge in [0, 0.05) is 0 Å². The van der Waals surface area contributed by atoms with Gasteiger partial charge < -0.3 is 20.4 Å². The van der Waals surface area contributed by atoms with E-state index in [0.29, 0.717) is 12.8 Å². The van der Waals surface area contributed by atoms with Gasteiger partial charge in [-0.05, 0) is 12.8 Å². The van der Waals surface area contributed by atoms with Crippen LogP contribution in [0.3, 0.4) is 0 Å². The molecule has 0 unspecified atom stereocenters. The molecule has 4 nitrogen and oxygen atoms in total. The molecule has 0 aromatic carbocycles. The van der Waals surface area contributed by atoms with Gasteiger partial charge in [-0.25, -0.2) is 0 Å². The minimum absolute atomic E-state index is 0.382. The first-order valence-corrected chi connectivity index (χ1v) is 17.6. The van der Waals surface area contributed by atoms with Crippen LogP contribution in [0.15, 0.2) is 0 Å². The van der Waals surface area contributed by atoms with Gasteiger partial charge in [-0.2, -0.15) is 0 Å². The Bertz CT molecular complexity index is 439. The second-order valence-electron chi connectivity index (χ2n) is 12.8. The van der Waals surface area contributed by atoms with Crippen LogP contribution in [-0.4, -0.2) is 45.8 Å². The third-order valence-corrected chi connectivity index (χ3v) is 9.28. The molecule has 0 atom stereocenters. The van der Waals surface area contributed by atoms with Crippen LogP contribution in [0, 0.1) is 5.41 Å². The largest absolute Gasteiger partial charge is 0.395 e. The Labute approximate surface area is 244 Å². The summed E-state index contributed by atoms with van der Waals surface area (Å²) in [5.41, 5.74) is -2.43. The first kappa shape index (κ1) is 38.8. The standard InChI is InChI=1S/C35H72O4/c1-3-5-7-9-11-13-15-17-19-21-23-25-27-29-35(39,34(31-36,32-37)33-38)30-28-26-24-22-20-18-16-14-12-10-8-6-4-2/h36-39H,3-33H2,1-2H3. The Hall–Kier alpha value is -0.160. The van der Waals surface area contributed by atoms with Crippen molar-refractivity contribution >= 4 is 0 Å². The second kappa shape index (κ2) is 28.0. The molecule has 0 fully saturated rings. The van der Waals surface area contributed by atoms with Gasteiger partial charge in [0.25, 0.3) is 0 Å². The van der Waals surface area contributed by atoms with Crippen molar-refractivity contribution in [2.24, 2.45) is 5.41 Å². The Balaban J connectivity index is 4.10. The van der Waals surface area contributed by atoms with Crippen molar-refractivity contribution < 1.29 is 20.4 Å². The van der Waals surface area contributed by atoms with Crippen LogP contribution in [0.2, 0.25) is 0 Å². The van der Waals surface area contributed by atoms with Crippen LogP contribution in [0.4, 0.5) is 0 Å². The van der Waals surface area contributed by atoms with E-state index < -0.39 is 11.0 Å². The lowest BCUT2D eigenvalue weighted by molar-refractivity contribution is -0.162. The predicted octanol–water partition coefficient (Wildman–Crippen LogP) is 9.64. The van der Waals surface area contributed by atoms with Gasteiger partial charge in [0.15, 0.2) is 0 Å². The van der Waals surface area contributed by atoms with E-state index in [4.69, 9.17) is 0 Å². The fourth-order valence-electron chi connectivity index (χ4n) is 6.12. The summed E-state index contributed by atoms with van der Waals surface area (Å²) in [5, 5.41) is 41.7. The highest BCUT2D eigenvalue weighted by Gasteiger charge is 2.48. The molecule has 0 aliphatic rings. The average molecular weight is 557 g/mol. The Morgan fingerprint density at radius 3 is 0.744 bits per heavy atom. The molecule has 0 saturated heterocycles. The summed E-state index contributed by atoms with van der Waals surface area (Å²) in [5.74, 6) is 0. The molecule has 0 amide bonds. The highest BCUT2D eigenvalue weighted by atomic mass is 16.3. The summed E-state index contributed by atoms with van der Waals surface area (Å²) < 4.78 is 0. The van der Waals surface area contributed by atoms with Crippen molar-refractivity contribution in [2.45, 2.75) is 199 Å². The minimum atomic E-state index is -1.22. The lowest BCUT2D eigenvalue weighted by atomic mass is 9.68. The van der Waals surface area contributed by atoms with E-state index in [1.165, 1.54) is 141 Å². The fraction of sp³-hybridized carbons (Fsp3) is 1.00. The molecule has 0 aliphatic carbocycles. The zero-order chi connectivity index (χ0) is 28.9. The smallest absolute Gasteiger partial charge is 0.0770 e. The maximum absolute atomic E-state index is 11.6. The first-order valence-electron chi connectivity index (χ1n) is 17.6. The third-order valence-electron chi connectivity index (χ3n) is 9.28. The molecule has 0 aromatic heterocycles. The number of hydrogen-bond donors (Lipinski definition) is 4. The molecule has 0 heterocycles. The van der Waals surface area contributed by atoms with Gasteiger partial charge >= 0.3 is 0 Å². The molecule has 4 N–H and O–H groups in total. The number of rotatable bonds is 32. The van der Waals surface area contributed by atoms with Crippen LogP contribution < -0.4 is 0 Å². The normalized spacial score (nSPS) is 12.5. The molecule has 236 valence electrons. The van der Waals surface area contributed by atoms with Crippen LogP contribution in [0.1, 0.15) is 194 Å². The zero-order valence-corrected chi connectivity index (χ0v) is 26.7. The molecule has 4 heteroatoms. The van der Waals surface area contributed by atoms with Crippen LogP contribution in [0.25, 0.3) is 0 Å². The van der Waals surface area contributed by atoms with Gasteiger partial charge in [0.05, 0.1) is 30.8 Å².